The van der Waals surface area contributed by atoms with Crippen LogP contribution in [0.1, 0.15) is 12.8 Å². The predicted octanol–water partition coefficient (Wildman–Crippen LogP) is 4.44. The second-order valence-corrected chi connectivity index (χ2v) is 10.9. The van der Waals surface area contributed by atoms with E-state index < -0.39 is 10.0 Å². The van der Waals surface area contributed by atoms with Gasteiger partial charge in [-0.3, -0.25) is 19.0 Å². The Labute approximate surface area is 206 Å². The molecule has 0 saturated heterocycles. The largest absolute Gasteiger partial charge is 0.283 e. The molecule has 0 unspecified atom stereocenters. The van der Waals surface area contributed by atoms with Gasteiger partial charge in [-0.2, -0.15) is 5.10 Å². The standard InChI is InChI=1S/C24H20ClN7O2S/c1-31-13-17(12-28-31)15-4-7-21-20(9-15)27-14-32(21)23-11-16(24-19(25)3-2-8-26-24)10-22(29-23)30-35(33,34)18-5-6-18/h2-4,7-14,18H,5-6H2,1H3,(H,29,30). The van der Waals surface area contributed by atoms with Gasteiger partial charge >= 0.3 is 0 Å². The Morgan fingerprint density at radius 2 is 1.91 bits per heavy atom. The Morgan fingerprint density at radius 1 is 1.06 bits per heavy atom. The molecule has 0 atom stereocenters. The number of anilines is 1. The van der Waals surface area contributed by atoms with E-state index in [-0.39, 0.29) is 11.1 Å². The first-order valence-electron chi connectivity index (χ1n) is 11.0. The minimum Gasteiger partial charge on any atom is -0.283 e. The summed E-state index contributed by atoms with van der Waals surface area (Å²) >= 11 is 6.41. The number of fused-ring (bicyclic) bond motifs is 1. The molecule has 35 heavy (non-hydrogen) atoms. The van der Waals surface area contributed by atoms with Gasteiger partial charge in [0.2, 0.25) is 10.0 Å². The summed E-state index contributed by atoms with van der Waals surface area (Å²) in [5, 5.41) is 4.31. The van der Waals surface area contributed by atoms with Crippen molar-refractivity contribution in [3.8, 4) is 28.2 Å². The topological polar surface area (TPSA) is 108 Å². The number of imidazole rings is 1. The average molecular weight is 506 g/mol. The van der Waals surface area contributed by atoms with Crippen LogP contribution in [0.3, 0.4) is 0 Å². The first-order chi connectivity index (χ1) is 16.9. The van der Waals surface area contributed by atoms with Crippen molar-refractivity contribution in [2.45, 2.75) is 18.1 Å². The van der Waals surface area contributed by atoms with Gasteiger partial charge in [0.25, 0.3) is 0 Å². The van der Waals surface area contributed by atoms with E-state index in [0.29, 0.717) is 34.9 Å². The quantitative estimate of drug-likeness (QED) is 0.365. The van der Waals surface area contributed by atoms with Gasteiger partial charge in [0.15, 0.2) is 0 Å². The van der Waals surface area contributed by atoms with Gasteiger partial charge in [-0.15, -0.1) is 0 Å². The molecule has 4 heterocycles. The highest BCUT2D eigenvalue weighted by molar-refractivity contribution is 7.93. The van der Waals surface area contributed by atoms with E-state index in [0.717, 1.165) is 22.2 Å². The second-order valence-electron chi connectivity index (χ2n) is 8.50. The van der Waals surface area contributed by atoms with Gasteiger partial charge in [-0.05, 0) is 54.8 Å². The number of nitrogens with zero attached hydrogens (tertiary/aromatic N) is 6. The summed E-state index contributed by atoms with van der Waals surface area (Å²) in [6.07, 6.45) is 8.36. The van der Waals surface area contributed by atoms with Crippen molar-refractivity contribution in [3.63, 3.8) is 0 Å². The normalized spacial score (nSPS) is 13.9. The summed E-state index contributed by atoms with van der Waals surface area (Å²) in [6.45, 7) is 0. The number of sulfonamides is 1. The maximum absolute atomic E-state index is 12.6. The van der Waals surface area contributed by atoms with Crippen LogP contribution in [-0.2, 0) is 17.1 Å². The highest BCUT2D eigenvalue weighted by Crippen LogP contribution is 2.33. The van der Waals surface area contributed by atoms with Crippen LogP contribution < -0.4 is 4.72 Å². The number of halogens is 1. The molecule has 1 aliphatic rings. The molecule has 176 valence electrons. The van der Waals surface area contributed by atoms with Crippen LogP contribution in [0.25, 0.3) is 39.2 Å². The molecule has 0 radical (unpaired) electrons. The second kappa shape index (κ2) is 8.17. The molecule has 1 saturated carbocycles. The van der Waals surface area contributed by atoms with Gasteiger partial charge in [-0.25, -0.2) is 18.4 Å². The maximum Gasteiger partial charge on any atom is 0.236 e. The third-order valence-electron chi connectivity index (χ3n) is 5.89. The lowest BCUT2D eigenvalue weighted by atomic mass is 10.1. The molecule has 4 aromatic heterocycles. The Bertz CT molecular complexity index is 1690. The molecule has 1 aliphatic carbocycles. The van der Waals surface area contributed by atoms with Crippen LogP contribution in [-0.4, -0.2) is 43.0 Å². The third-order valence-corrected chi connectivity index (χ3v) is 8.03. The van der Waals surface area contributed by atoms with Gasteiger partial charge < -0.3 is 0 Å². The van der Waals surface area contributed by atoms with Crippen LogP contribution in [0.4, 0.5) is 5.82 Å². The fourth-order valence-corrected chi connectivity index (χ4v) is 5.53. The van der Waals surface area contributed by atoms with E-state index in [1.165, 1.54) is 0 Å². The number of aromatic nitrogens is 6. The molecule has 6 rings (SSSR count). The minimum absolute atomic E-state index is 0.208. The summed E-state index contributed by atoms with van der Waals surface area (Å²) in [5.41, 5.74) is 4.76. The van der Waals surface area contributed by atoms with Crippen LogP contribution in [0.15, 0.2) is 67.4 Å². The SMILES string of the molecule is Cn1cc(-c2ccc3c(c2)ncn3-c2cc(-c3ncccc3Cl)cc(NS(=O)(=O)C3CC3)n2)cn1. The summed E-state index contributed by atoms with van der Waals surface area (Å²) in [4.78, 5) is 13.6. The molecule has 0 amide bonds. The van der Waals surface area contributed by atoms with Gasteiger partial charge in [0, 0.05) is 30.6 Å². The molecular weight excluding hydrogens is 486 g/mol. The average Bonchev–Trinajstić information content (AvgIpc) is 3.49. The molecule has 0 bridgehead atoms. The van der Waals surface area contributed by atoms with E-state index in [4.69, 9.17) is 11.6 Å². The van der Waals surface area contributed by atoms with Crippen molar-refractivity contribution in [1.29, 1.82) is 0 Å². The lowest BCUT2D eigenvalue weighted by molar-refractivity contribution is 0.600. The monoisotopic (exact) mass is 505 g/mol. The molecular formula is C24H20ClN7O2S. The smallest absolute Gasteiger partial charge is 0.236 e. The van der Waals surface area contributed by atoms with Gasteiger partial charge in [-0.1, -0.05) is 17.7 Å². The lowest BCUT2D eigenvalue weighted by Gasteiger charge is -2.12. The molecule has 9 nitrogen and oxygen atoms in total. The number of hydrogen-bond donors (Lipinski definition) is 1. The summed E-state index contributed by atoms with van der Waals surface area (Å²) in [5.74, 6) is 0.703. The number of pyridine rings is 2. The van der Waals surface area contributed by atoms with E-state index >= 15 is 0 Å². The van der Waals surface area contributed by atoms with Crippen LogP contribution in [0, 0.1) is 0 Å². The van der Waals surface area contributed by atoms with Gasteiger partial charge in [0.05, 0.1) is 33.2 Å². The molecule has 1 N–H and O–H groups in total. The molecule has 5 aromatic rings. The number of benzene rings is 1. The number of nitrogens with one attached hydrogen (secondary N) is 1. The zero-order valence-corrected chi connectivity index (χ0v) is 20.2. The highest BCUT2D eigenvalue weighted by Gasteiger charge is 2.36. The Morgan fingerprint density at radius 3 is 2.66 bits per heavy atom. The number of hydrogen-bond acceptors (Lipinski definition) is 6. The van der Waals surface area contributed by atoms with Crippen LogP contribution >= 0.6 is 11.6 Å². The van der Waals surface area contributed by atoms with Crippen molar-refractivity contribution in [2.24, 2.45) is 7.05 Å². The molecule has 0 spiro atoms. The van der Waals surface area contributed by atoms with Crippen molar-refractivity contribution in [3.05, 3.63) is 72.4 Å². The third kappa shape index (κ3) is 4.15. The maximum atomic E-state index is 12.6. The van der Waals surface area contributed by atoms with Crippen molar-refractivity contribution < 1.29 is 8.42 Å². The zero-order valence-electron chi connectivity index (χ0n) is 18.6. The number of rotatable bonds is 6. The Kier molecular flexibility index (Phi) is 5.08. The summed E-state index contributed by atoms with van der Waals surface area (Å²) in [6, 6.07) is 12.9. The van der Waals surface area contributed by atoms with Crippen molar-refractivity contribution in [1.82, 2.24) is 29.3 Å². The number of aryl methyl sites for hydroxylation is 1. The first-order valence-corrected chi connectivity index (χ1v) is 12.9. The van der Waals surface area contributed by atoms with Gasteiger partial charge in [0.1, 0.15) is 18.0 Å². The Hall–Kier alpha value is -3.76. The van der Waals surface area contributed by atoms with Crippen LogP contribution in [0.5, 0.6) is 0 Å². The van der Waals surface area contributed by atoms with E-state index in [1.54, 1.807) is 41.6 Å². The van der Waals surface area contributed by atoms with E-state index in [2.05, 4.69) is 24.8 Å². The fraction of sp³-hybridized carbons (Fsp3) is 0.167. The lowest BCUT2D eigenvalue weighted by Crippen LogP contribution is -2.18. The van der Waals surface area contributed by atoms with Crippen LogP contribution in [0.2, 0.25) is 5.02 Å². The first kappa shape index (κ1) is 21.8. The summed E-state index contributed by atoms with van der Waals surface area (Å²) < 4.78 is 31.5. The predicted molar refractivity (Wildman–Crippen MR) is 135 cm³/mol. The zero-order chi connectivity index (χ0) is 24.2. The Balaban J connectivity index is 1.47. The fourth-order valence-electron chi connectivity index (χ4n) is 3.98. The highest BCUT2D eigenvalue weighted by atomic mass is 35.5. The van der Waals surface area contributed by atoms with Crippen molar-refractivity contribution in [2.75, 3.05) is 4.72 Å². The molecule has 1 fully saturated rings. The van der Waals surface area contributed by atoms with E-state index in [9.17, 15) is 8.42 Å². The minimum atomic E-state index is -3.51. The molecule has 11 heteroatoms. The summed E-state index contributed by atoms with van der Waals surface area (Å²) in [7, 11) is -1.64. The molecule has 0 aliphatic heterocycles. The van der Waals surface area contributed by atoms with E-state index in [1.807, 2.05) is 42.1 Å². The van der Waals surface area contributed by atoms with Crippen molar-refractivity contribution >= 4 is 38.5 Å². The molecule has 1 aromatic carbocycles.